The fourth-order valence-corrected chi connectivity index (χ4v) is 13.5. The van der Waals surface area contributed by atoms with E-state index in [2.05, 4.69) is 34.6 Å². The van der Waals surface area contributed by atoms with Crippen LogP contribution in [0.3, 0.4) is 0 Å². The summed E-state index contributed by atoms with van der Waals surface area (Å²) < 4.78 is 68.6. The quantitative estimate of drug-likeness (QED) is 0.0222. The van der Waals surface area contributed by atoms with Gasteiger partial charge in [0.15, 0.2) is 12.2 Å². The molecule has 0 aliphatic heterocycles. The molecule has 0 aromatic heterocycles. The first-order valence-corrected chi connectivity index (χ1v) is 43.1. The van der Waals surface area contributed by atoms with Crippen molar-refractivity contribution >= 4 is 39.5 Å². The molecule has 0 saturated heterocycles. The zero-order valence-corrected chi connectivity index (χ0v) is 64.3. The second-order valence-electron chi connectivity index (χ2n) is 28.2. The minimum Gasteiger partial charge on any atom is -0.462 e. The largest absolute Gasteiger partial charge is 0.472 e. The Balaban J connectivity index is 5.26. The fraction of sp³-hybridized carbons (Fsp3) is 0.948. The summed E-state index contributed by atoms with van der Waals surface area (Å²) in [4.78, 5) is 72.9. The molecule has 0 saturated carbocycles. The van der Waals surface area contributed by atoms with Crippen LogP contribution < -0.4 is 0 Å². The summed E-state index contributed by atoms with van der Waals surface area (Å²) in [6.07, 6.45) is 59.5. The second-order valence-corrected chi connectivity index (χ2v) is 31.1. The first-order valence-electron chi connectivity index (χ1n) is 40.1. The van der Waals surface area contributed by atoms with Crippen LogP contribution in [0, 0.1) is 5.92 Å². The molecule has 2 unspecified atom stereocenters. The Morgan fingerprint density at radius 3 is 0.708 bits per heavy atom. The van der Waals surface area contributed by atoms with Gasteiger partial charge in [-0.1, -0.05) is 356 Å². The Hall–Kier alpha value is -1.94. The van der Waals surface area contributed by atoms with E-state index in [1.54, 1.807) is 0 Å². The highest BCUT2D eigenvalue weighted by atomic mass is 31.2. The first-order chi connectivity index (χ1) is 46.5. The summed E-state index contributed by atoms with van der Waals surface area (Å²) in [7, 11) is -9.91. The lowest BCUT2D eigenvalue weighted by Crippen LogP contribution is -2.30. The van der Waals surface area contributed by atoms with E-state index in [0.29, 0.717) is 25.7 Å². The lowest BCUT2D eigenvalue weighted by atomic mass is 10.0. The zero-order chi connectivity index (χ0) is 70.5. The minimum atomic E-state index is -4.96. The number of ether oxygens (including phenoxy) is 4. The molecule has 570 valence electrons. The molecule has 0 radical (unpaired) electrons. The topological polar surface area (TPSA) is 237 Å². The van der Waals surface area contributed by atoms with Gasteiger partial charge < -0.3 is 33.8 Å². The number of esters is 4. The van der Waals surface area contributed by atoms with Crippen LogP contribution >= 0.6 is 15.6 Å². The van der Waals surface area contributed by atoms with Gasteiger partial charge in [0.05, 0.1) is 26.4 Å². The minimum absolute atomic E-state index is 0.108. The Morgan fingerprint density at radius 1 is 0.281 bits per heavy atom. The molecule has 17 nitrogen and oxygen atoms in total. The maximum Gasteiger partial charge on any atom is 0.472 e. The molecule has 3 N–H and O–H groups in total. The third kappa shape index (κ3) is 70.5. The van der Waals surface area contributed by atoms with Gasteiger partial charge in [-0.2, -0.15) is 0 Å². The van der Waals surface area contributed by atoms with Crippen molar-refractivity contribution in [2.45, 2.75) is 425 Å². The van der Waals surface area contributed by atoms with Crippen molar-refractivity contribution in [3.63, 3.8) is 0 Å². The summed E-state index contributed by atoms with van der Waals surface area (Å²) in [5.41, 5.74) is 0. The van der Waals surface area contributed by atoms with Gasteiger partial charge in [-0.25, -0.2) is 9.13 Å². The number of aliphatic hydroxyl groups excluding tert-OH is 1. The van der Waals surface area contributed by atoms with Crippen LogP contribution in [0.25, 0.3) is 0 Å². The van der Waals surface area contributed by atoms with Gasteiger partial charge in [0.2, 0.25) is 0 Å². The highest BCUT2D eigenvalue weighted by Crippen LogP contribution is 2.45. The summed E-state index contributed by atoms with van der Waals surface area (Å²) in [5.74, 6) is -1.36. The lowest BCUT2D eigenvalue weighted by molar-refractivity contribution is -0.161. The number of unbranched alkanes of at least 4 members (excludes halogenated alkanes) is 49. The monoisotopic (exact) mass is 1410 g/mol. The second kappa shape index (κ2) is 70.1. The van der Waals surface area contributed by atoms with Gasteiger partial charge in [0.25, 0.3) is 0 Å². The molecule has 0 fully saturated rings. The highest BCUT2D eigenvalue weighted by Gasteiger charge is 2.30. The van der Waals surface area contributed by atoms with Gasteiger partial charge in [-0.3, -0.25) is 37.3 Å². The smallest absolute Gasteiger partial charge is 0.462 e. The fourth-order valence-electron chi connectivity index (χ4n) is 11.9. The Bertz CT molecular complexity index is 1840. The maximum absolute atomic E-state index is 13.1. The van der Waals surface area contributed by atoms with Crippen molar-refractivity contribution in [2.24, 2.45) is 5.92 Å². The number of hydrogen-bond acceptors (Lipinski definition) is 15. The number of hydrogen-bond donors (Lipinski definition) is 3. The Kier molecular flexibility index (Phi) is 68.7. The van der Waals surface area contributed by atoms with Crippen LogP contribution in [0.1, 0.15) is 407 Å². The van der Waals surface area contributed by atoms with E-state index in [0.717, 1.165) is 95.8 Å². The molecule has 5 atom stereocenters. The molecule has 0 aromatic rings. The SMILES string of the molecule is CCCCCCCCCCCCCCCCCCC(=O)O[C@H](COC(=O)CCCCCCCCCCCCCCCCC)COP(=O)(O)OC[C@@H](O)COP(=O)(O)OC[C@@H](COC(=O)CCCCCCCCCCCC(C)C)OC(=O)CCCCCCCCCCCCCCC. The summed E-state index contributed by atoms with van der Waals surface area (Å²) in [6.45, 7) is 7.29. The van der Waals surface area contributed by atoms with Crippen molar-refractivity contribution in [2.75, 3.05) is 39.6 Å². The molecule has 0 bridgehead atoms. The average Bonchev–Trinajstić information content (AvgIpc) is 1.55. The Labute approximate surface area is 588 Å². The molecule has 0 amide bonds. The standard InChI is InChI=1S/C77H150O17P2/c1-6-9-12-15-18-21-24-27-29-31-34-37-42-48-53-58-63-77(82)93-72(66-87-74(79)60-55-50-45-40-35-33-30-28-25-22-19-16-13-10-7-2)68-91-95(83,84)89-64-71(78)65-90-96(85,86)92-69-73(67-88-75(80)61-56-51-46-43-38-39-44-49-54-59-70(4)5)94-76(81)62-57-52-47-41-36-32-26-23-20-17-14-11-8-3/h70-73,78H,6-69H2,1-5H3,(H,83,84)(H,85,86)/t71-,72-,73-/m1/s1. The Morgan fingerprint density at radius 2 is 0.479 bits per heavy atom. The van der Waals surface area contributed by atoms with Crippen molar-refractivity contribution in [3.05, 3.63) is 0 Å². The predicted molar refractivity (Wildman–Crippen MR) is 391 cm³/mol. The van der Waals surface area contributed by atoms with E-state index < -0.39 is 97.5 Å². The summed E-state index contributed by atoms with van der Waals surface area (Å²) in [5, 5.41) is 10.6. The third-order valence-electron chi connectivity index (χ3n) is 18.0. The number of phosphoric ester groups is 2. The molecule has 19 heteroatoms. The number of phosphoric acid groups is 2. The van der Waals surface area contributed by atoms with E-state index in [1.165, 1.54) is 231 Å². The first kappa shape index (κ1) is 94.1. The van der Waals surface area contributed by atoms with E-state index in [4.69, 9.17) is 37.0 Å². The van der Waals surface area contributed by atoms with Crippen molar-refractivity contribution in [1.82, 2.24) is 0 Å². The van der Waals surface area contributed by atoms with Crippen molar-refractivity contribution < 1.29 is 80.2 Å². The number of rotatable bonds is 77. The van der Waals surface area contributed by atoms with Crippen LogP contribution in [-0.2, 0) is 65.4 Å². The van der Waals surface area contributed by atoms with Gasteiger partial charge in [0.1, 0.15) is 19.3 Å². The van der Waals surface area contributed by atoms with E-state index in [-0.39, 0.29) is 25.7 Å². The van der Waals surface area contributed by atoms with Gasteiger partial charge in [-0.05, 0) is 31.6 Å². The van der Waals surface area contributed by atoms with Crippen LogP contribution in [-0.4, -0.2) is 96.7 Å². The lowest BCUT2D eigenvalue weighted by Gasteiger charge is -2.21. The number of aliphatic hydroxyl groups is 1. The normalized spacial score (nSPS) is 13.9. The third-order valence-corrected chi connectivity index (χ3v) is 19.9. The molecule has 0 rings (SSSR count). The highest BCUT2D eigenvalue weighted by molar-refractivity contribution is 7.47. The molecular weight excluding hydrogens is 1260 g/mol. The number of carbonyl (C=O) groups is 4. The van der Waals surface area contributed by atoms with Crippen LogP contribution in [0.2, 0.25) is 0 Å². The molecular formula is C77H150O17P2. The predicted octanol–water partition coefficient (Wildman–Crippen LogP) is 22.9. The molecule has 96 heavy (non-hydrogen) atoms. The zero-order valence-electron chi connectivity index (χ0n) is 62.5. The molecule has 0 aromatic carbocycles. The van der Waals surface area contributed by atoms with Crippen molar-refractivity contribution in [3.8, 4) is 0 Å². The molecule has 0 heterocycles. The van der Waals surface area contributed by atoms with Gasteiger partial charge in [0, 0.05) is 25.7 Å². The summed E-state index contributed by atoms with van der Waals surface area (Å²) in [6, 6.07) is 0. The van der Waals surface area contributed by atoms with Crippen LogP contribution in [0.15, 0.2) is 0 Å². The van der Waals surface area contributed by atoms with Gasteiger partial charge in [-0.15, -0.1) is 0 Å². The maximum atomic E-state index is 13.1. The van der Waals surface area contributed by atoms with Crippen molar-refractivity contribution in [1.29, 1.82) is 0 Å². The van der Waals surface area contributed by atoms with E-state index >= 15 is 0 Å². The molecule has 0 aliphatic carbocycles. The average molecular weight is 1410 g/mol. The van der Waals surface area contributed by atoms with E-state index in [9.17, 15) is 43.2 Å². The molecule has 0 aliphatic rings. The van der Waals surface area contributed by atoms with Crippen LogP contribution in [0.4, 0.5) is 0 Å². The van der Waals surface area contributed by atoms with E-state index in [1.807, 2.05) is 0 Å². The summed E-state index contributed by atoms with van der Waals surface area (Å²) >= 11 is 0. The van der Waals surface area contributed by atoms with Crippen LogP contribution in [0.5, 0.6) is 0 Å². The van der Waals surface area contributed by atoms with Gasteiger partial charge >= 0.3 is 39.5 Å². The number of carbonyl (C=O) groups excluding carboxylic acids is 4. The molecule has 0 spiro atoms.